The lowest BCUT2D eigenvalue weighted by atomic mass is 10.1. The van der Waals surface area contributed by atoms with Crippen LogP contribution in [0.15, 0.2) is 65.7 Å². The highest BCUT2D eigenvalue weighted by molar-refractivity contribution is 8.26. The number of amides is 1. The molecule has 3 heterocycles. The van der Waals surface area contributed by atoms with E-state index in [9.17, 15) is 4.79 Å². The third-order valence-corrected chi connectivity index (χ3v) is 7.59. The minimum absolute atomic E-state index is 0.0543. The summed E-state index contributed by atoms with van der Waals surface area (Å²) in [5.41, 5.74) is 3.51. The molecule has 2 aliphatic rings. The van der Waals surface area contributed by atoms with E-state index < -0.39 is 0 Å². The number of rotatable bonds is 9. The Morgan fingerprint density at radius 3 is 2.86 bits per heavy atom. The van der Waals surface area contributed by atoms with Gasteiger partial charge in [0.15, 0.2) is 0 Å². The van der Waals surface area contributed by atoms with Gasteiger partial charge in [-0.15, -0.1) is 0 Å². The van der Waals surface area contributed by atoms with Crippen LogP contribution in [0.3, 0.4) is 0 Å². The van der Waals surface area contributed by atoms with Crippen LogP contribution in [-0.2, 0) is 9.53 Å². The van der Waals surface area contributed by atoms with Crippen LogP contribution in [0.25, 0.3) is 23.0 Å². The average Bonchev–Trinajstić information content (AvgIpc) is 3.63. The van der Waals surface area contributed by atoms with Crippen molar-refractivity contribution in [3.63, 3.8) is 0 Å². The van der Waals surface area contributed by atoms with E-state index in [1.54, 1.807) is 4.90 Å². The minimum atomic E-state index is -0.0736. The third-order valence-electron chi connectivity index (χ3n) is 6.21. The van der Waals surface area contributed by atoms with Gasteiger partial charge in [0.25, 0.3) is 5.91 Å². The van der Waals surface area contributed by atoms with Gasteiger partial charge in [0.1, 0.15) is 15.8 Å². The molecule has 1 amide bonds. The van der Waals surface area contributed by atoms with Crippen LogP contribution in [0.1, 0.15) is 38.2 Å². The second kappa shape index (κ2) is 11.4. The van der Waals surface area contributed by atoms with Gasteiger partial charge in [0.05, 0.1) is 29.8 Å². The molecule has 0 N–H and O–H groups in total. The highest BCUT2D eigenvalue weighted by Crippen LogP contribution is 2.36. The molecule has 0 radical (unpaired) electrons. The fraction of sp³-hybridized carbons (Fsp3) is 0.321. The number of carbonyl (C=O) groups excluding carboxylic acids is 1. The van der Waals surface area contributed by atoms with Crippen molar-refractivity contribution < 1.29 is 14.3 Å². The van der Waals surface area contributed by atoms with Crippen molar-refractivity contribution in [1.82, 2.24) is 14.7 Å². The summed E-state index contributed by atoms with van der Waals surface area (Å²) >= 11 is 6.89. The van der Waals surface area contributed by atoms with Crippen LogP contribution in [0, 0.1) is 0 Å². The molecule has 0 aliphatic carbocycles. The summed E-state index contributed by atoms with van der Waals surface area (Å²) in [5, 5.41) is 4.91. The second-order valence-corrected chi connectivity index (χ2v) is 10.5. The molecule has 6 nitrogen and oxygen atoms in total. The van der Waals surface area contributed by atoms with E-state index in [0.29, 0.717) is 22.4 Å². The molecule has 3 aromatic rings. The Hall–Kier alpha value is -2.94. The Balaban J connectivity index is 1.48. The molecule has 2 aromatic carbocycles. The van der Waals surface area contributed by atoms with Gasteiger partial charge in [-0.1, -0.05) is 67.7 Å². The van der Waals surface area contributed by atoms with Crippen LogP contribution in [-0.4, -0.2) is 50.8 Å². The number of hydrogen-bond donors (Lipinski definition) is 0. The molecular weight excluding hydrogens is 490 g/mol. The first kappa shape index (κ1) is 24.7. The number of ether oxygens (including phenoxy) is 2. The van der Waals surface area contributed by atoms with E-state index in [0.717, 1.165) is 60.5 Å². The lowest BCUT2D eigenvalue weighted by Crippen LogP contribution is -2.35. The van der Waals surface area contributed by atoms with Crippen molar-refractivity contribution in [2.24, 2.45) is 0 Å². The first-order chi connectivity index (χ1) is 17.6. The number of hydrogen-bond acceptors (Lipinski definition) is 6. The van der Waals surface area contributed by atoms with Crippen molar-refractivity contribution in [2.75, 3.05) is 19.8 Å². The van der Waals surface area contributed by atoms with E-state index in [1.165, 1.54) is 11.8 Å². The summed E-state index contributed by atoms with van der Waals surface area (Å²) in [6, 6.07) is 17.9. The molecule has 2 fully saturated rings. The third kappa shape index (κ3) is 5.56. The number of para-hydroxylation sites is 1. The van der Waals surface area contributed by atoms with Crippen LogP contribution in [0.4, 0.5) is 0 Å². The number of thioether (sulfide) groups is 1. The molecule has 5 rings (SSSR count). The van der Waals surface area contributed by atoms with Crippen LogP contribution < -0.4 is 4.74 Å². The largest absolute Gasteiger partial charge is 0.494 e. The highest BCUT2D eigenvalue weighted by Gasteiger charge is 2.35. The Labute approximate surface area is 221 Å². The lowest BCUT2D eigenvalue weighted by Gasteiger charge is -2.18. The summed E-state index contributed by atoms with van der Waals surface area (Å²) < 4.78 is 14.1. The number of thiocarbonyl (C=S) groups is 1. The van der Waals surface area contributed by atoms with E-state index in [4.69, 9.17) is 26.8 Å². The summed E-state index contributed by atoms with van der Waals surface area (Å²) in [7, 11) is 0. The first-order valence-corrected chi connectivity index (χ1v) is 13.6. The number of nitrogens with zero attached hydrogens (tertiary/aromatic N) is 3. The molecule has 1 aromatic heterocycles. The van der Waals surface area contributed by atoms with E-state index in [-0.39, 0.29) is 12.0 Å². The molecule has 8 heteroatoms. The summed E-state index contributed by atoms with van der Waals surface area (Å²) in [4.78, 5) is 15.6. The highest BCUT2D eigenvalue weighted by atomic mass is 32.2. The maximum Gasteiger partial charge on any atom is 0.266 e. The van der Waals surface area contributed by atoms with Gasteiger partial charge in [-0.2, -0.15) is 5.10 Å². The number of carbonyl (C=O) groups is 1. The van der Waals surface area contributed by atoms with Gasteiger partial charge in [-0.05, 0) is 49.6 Å². The van der Waals surface area contributed by atoms with Crippen molar-refractivity contribution in [3.8, 4) is 22.7 Å². The SMILES string of the molecule is CCCCOc1cccc(-c2nn(-c3ccccc3)cc2C=C2SC(=S)N(CC3CCCO3)C2=O)c1. The molecule has 186 valence electrons. The normalized spacial score (nSPS) is 19.0. The van der Waals surface area contributed by atoms with Gasteiger partial charge in [0.2, 0.25) is 0 Å². The summed E-state index contributed by atoms with van der Waals surface area (Å²) in [6.45, 7) is 4.08. The molecule has 2 aliphatic heterocycles. The van der Waals surface area contributed by atoms with Crippen LogP contribution in [0.2, 0.25) is 0 Å². The van der Waals surface area contributed by atoms with Gasteiger partial charge < -0.3 is 9.47 Å². The monoisotopic (exact) mass is 519 g/mol. The van der Waals surface area contributed by atoms with Crippen LogP contribution in [0.5, 0.6) is 5.75 Å². The lowest BCUT2D eigenvalue weighted by molar-refractivity contribution is -0.123. The average molecular weight is 520 g/mol. The molecular formula is C28H29N3O3S2. The molecule has 1 atom stereocenters. The Kier molecular flexibility index (Phi) is 7.84. The predicted octanol–water partition coefficient (Wildman–Crippen LogP) is 6.10. The Morgan fingerprint density at radius 2 is 2.08 bits per heavy atom. The zero-order valence-corrected chi connectivity index (χ0v) is 21.9. The quantitative estimate of drug-likeness (QED) is 0.193. The molecule has 2 saturated heterocycles. The Bertz CT molecular complexity index is 1270. The van der Waals surface area contributed by atoms with Crippen molar-refractivity contribution in [2.45, 2.75) is 38.7 Å². The predicted molar refractivity (Wildman–Crippen MR) is 148 cm³/mol. The van der Waals surface area contributed by atoms with Gasteiger partial charge >= 0.3 is 0 Å². The molecule has 1 unspecified atom stereocenters. The molecule has 0 bridgehead atoms. The first-order valence-electron chi connectivity index (χ1n) is 12.4. The topological polar surface area (TPSA) is 56.6 Å². The zero-order valence-electron chi connectivity index (χ0n) is 20.3. The standard InChI is InChI=1S/C28H29N3O3S2/c1-2-3-14-33-23-12-7-9-20(16-23)26-21(18-31(29-26)22-10-5-4-6-11-22)17-25-27(32)30(28(35)36-25)19-24-13-8-15-34-24/h4-7,9-12,16-18,24H,2-3,8,13-15,19H2,1H3. The smallest absolute Gasteiger partial charge is 0.266 e. The van der Waals surface area contributed by atoms with Gasteiger partial charge in [-0.25, -0.2) is 4.68 Å². The van der Waals surface area contributed by atoms with Crippen molar-refractivity contribution in [3.05, 3.63) is 71.3 Å². The van der Waals surface area contributed by atoms with Crippen LogP contribution >= 0.6 is 24.0 Å². The summed E-state index contributed by atoms with van der Waals surface area (Å²) in [5.74, 6) is 0.736. The Morgan fingerprint density at radius 1 is 1.22 bits per heavy atom. The van der Waals surface area contributed by atoms with Gasteiger partial charge in [0, 0.05) is 23.9 Å². The fourth-order valence-electron chi connectivity index (χ4n) is 4.29. The number of aromatic nitrogens is 2. The minimum Gasteiger partial charge on any atom is -0.494 e. The maximum atomic E-state index is 13.3. The molecule has 36 heavy (non-hydrogen) atoms. The number of unbranched alkanes of at least 4 members (excludes halogenated alkanes) is 1. The van der Waals surface area contributed by atoms with Crippen molar-refractivity contribution in [1.29, 1.82) is 0 Å². The van der Waals surface area contributed by atoms with E-state index >= 15 is 0 Å². The van der Waals surface area contributed by atoms with Gasteiger partial charge in [-0.3, -0.25) is 9.69 Å². The fourth-order valence-corrected chi connectivity index (χ4v) is 5.55. The van der Waals surface area contributed by atoms with E-state index in [2.05, 4.69) is 6.92 Å². The zero-order chi connectivity index (χ0) is 24.9. The molecule has 0 saturated carbocycles. The summed E-state index contributed by atoms with van der Waals surface area (Å²) in [6.07, 6.45) is 7.99. The maximum absolute atomic E-state index is 13.3. The second-order valence-electron chi connectivity index (χ2n) is 8.87. The number of benzene rings is 2. The molecule has 0 spiro atoms. The van der Waals surface area contributed by atoms with Crippen molar-refractivity contribution >= 4 is 40.3 Å². The van der Waals surface area contributed by atoms with E-state index in [1.807, 2.05) is 71.6 Å².